The topological polar surface area (TPSA) is 27.1 Å². The van der Waals surface area contributed by atoms with Crippen LogP contribution in [0, 0.1) is 0 Å². The molecule has 106 valence electrons. The molecule has 2 aliphatic rings. The van der Waals surface area contributed by atoms with Gasteiger partial charge in [-0.2, -0.15) is 5.10 Å². The Morgan fingerprint density at radius 2 is 2.30 bits per heavy atom. The van der Waals surface area contributed by atoms with Crippen molar-refractivity contribution >= 4 is 23.4 Å². The first-order chi connectivity index (χ1) is 9.81. The second kappa shape index (κ2) is 6.66. The molecule has 1 unspecified atom stereocenters. The van der Waals surface area contributed by atoms with Gasteiger partial charge >= 0.3 is 0 Å². The summed E-state index contributed by atoms with van der Waals surface area (Å²) >= 11 is 7.71. The quantitative estimate of drug-likeness (QED) is 0.814. The number of halogens is 1. The standard InChI is InChI=1S/C15H17ClN2OS/c16-12-4-3-5-13(8-7-12)20-14-10-17-18(11-14)15-6-1-2-9-19-15/h3,5,7-8,10-11,15H,1-2,4,6,9H2. The molecular formula is C15H17ClN2OS. The van der Waals surface area contributed by atoms with E-state index in [4.69, 9.17) is 16.3 Å². The smallest absolute Gasteiger partial charge is 0.150 e. The second-order valence-electron chi connectivity index (χ2n) is 4.87. The van der Waals surface area contributed by atoms with E-state index < -0.39 is 0 Å². The van der Waals surface area contributed by atoms with Crippen LogP contribution in [0.25, 0.3) is 0 Å². The number of hydrogen-bond donors (Lipinski definition) is 0. The van der Waals surface area contributed by atoms with Crippen molar-refractivity contribution in [3.8, 4) is 0 Å². The Morgan fingerprint density at radius 1 is 1.35 bits per heavy atom. The van der Waals surface area contributed by atoms with Crippen LogP contribution in [0.1, 0.15) is 31.9 Å². The lowest BCUT2D eigenvalue weighted by atomic mass is 10.2. The van der Waals surface area contributed by atoms with E-state index in [1.807, 2.05) is 23.0 Å². The average molecular weight is 309 g/mol. The zero-order valence-corrected chi connectivity index (χ0v) is 12.7. The fourth-order valence-corrected chi connectivity index (χ4v) is 3.24. The number of rotatable bonds is 3. The van der Waals surface area contributed by atoms with Gasteiger partial charge in [-0.1, -0.05) is 35.5 Å². The lowest BCUT2D eigenvalue weighted by molar-refractivity contribution is -0.0396. The van der Waals surface area contributed by atoms with Crippen molar-refractivity contribution in [3.63, 3.8) is 0 Å². The van der Waals surface area contributed by atoms with Crippen molar-refractivity contribution in [1.82, 2.24) is 9.78 Å². The summed E-state index contributed by atoms with van der Waals surface area (Å²) in [5, 5.41) is 5.29. The molecule has 1 aliphatic heterocycles. The highest BCUT2D eigenvalue weighted by Gasteiger charge is 2.16. The summed E-state index contributed by atoms with van der Waals surface area (Å²) in [6, 6.07) is 0. The fourth-order valence-electron chi connectivity index (χ4n) is 2.25. The molecule has 0 bridgehead atoms. The Hall–Kier alpha value is -0.970. The lowest BCUT2D eigenvalue weighted by Gasteiger charge is -2.22. The van der Waals surface area contributed by atoms with Crippen LogP contribution >= 0.6 is 23.4 Å². The number of nitrogens with zero attached hydrogens (tertiary/aromatic N) is 2. The fraction of sp³-hybridized carbons (Fsp3) is 0.400. The van der Waals surface area contributed by atoms with Crippen LogP contribution in [0.4, 0.5) is 0 Å². The predicted molar refractivity (Wildman–Crippen MR) is 82.7 cm³/mol. The highest BCUT2D eigenvalue weighted by Crippen LogP contribution is 2.31. The number of thioether (sulfide) groups is 1. The molecule has 0 saturated carbocycles. The number of aromatic nitrogens is 2. The third-order valence-electron chi connectivity index (χ3n) is 3.29. The van der Waals surface area contributed by atoms with Crippen LogP contribution in [0.15, 0.2) is 51.5 Å². The summed E-state index contributed by atoms with van der Waals surface area (Å²) < 4.78 is 7.67. The van der Waals surface area contributed by atoms with E-state index in [1.165, 1.54) is 11.3 Å². The largest absolute Gasteiger partial charge is 0.357 e. The van der Waals surface area contributed by atoms with E-state index in [0.717, 1.165) is 35.8 Å². The van der Waals surface area contributed by atoms with Gasteiger partial charge in [0, 0.05) is 29.2 Å². The maximum absolute atomic E-state index is 6.02. The van der Waals surface area contributed by atoms with Gasteiger partial charge in [0.1, 0.15) is 6.23 Å². The molecule has 5 heteroatoms. The number of hydrogen-bond acceptors (Lipinski definition) is 3. The van der Waals surface area contributed by atoms with Crippen molar-refractivity contribution in [2.45, 2.75) is 36.8 Å². The summed E-state index contributed by atoms with van der Waals surface area (Å²) in [5.74, 6) is 0. The molecule has 0 amide bonds. The zero-order chi connectivity index (χ0) is 13.8. The minimum absolute atomic E-state index is 0.103. The summed E-state index contributed by atoms with van der Waals surface area (Å²) in [6.07, 6.45) is 16.5. The van der Waals surface area contributed by atoms with Crippen molar-refractivity contribution in [3.05, 3.63) is 46.6 Å². The Balaban J connectivity index is 1.68. The van der Waals surface area contributed by atoms with Crippen molar-refractivity contribution in [2.24, 2.45) is 0 Å². The van der Waals surface area contributed by atoms with E-state index in [1.54, 1.807) is 11.8 Å². The molecule has 1 aromatic heterocycles. The van der Waals surface area contributed by atoms with Gasteiger partial charge in [-0.05, 0) is 31.4 Å². The molecular weight excluding hydrogens is 292 g/mol. The van der Waals surface area contributed by atoms with Crippen LogP contribution in [0.3, 0.4) is 0 Å². The molecule has 2 heterocycles. The van der Waals surface area contributed by atoms with Gasteiger partial charge in [0.25, 0.3) is 0 Å². The first-order valence-corrected chi connectivity index (χ1v) is 8.07. The highest BCUT2D eigenvalue weighted by atomic mass is 35.5. The first-order valence-electron chi connectivity index (χ1n) is 6.88. The molecule has 1 saturated heterocycles. The summed E-state index contributed by atoms with van der Waals surface area (Å²) in [6.45, 7) is 0.837. The Labute approximate surface area is 128 Å². The van der Waals surface area contributed by atoms with Crippen molar-refractivity contribution in [2.75, 3.05) is 6.61 Å². The normalized spacial score (nSPS) is 23.1. The molecule has 20 heavy (non-hydrogen) atoms. The summed E-state index contributed by atoms with van der Waals surface area (Å²) in [7, 11) is 0. The first kappa shape index (κ1) is 14.0. The SMILES string of the molecule is ClC1=CC=C(Sc2cnn(C3CCCCO3)c2)C=CC1. The van der Waals surface area contributed by atoms with E-state index in [-0.39, 0.29) is 6.23 Å². The van der Waals surface area contributed by atoms with Gasteiger partial charge in [0.15, 0.2) is 0 Å². The van der Waals surface area contributed by atoms with Crippen LogP contribution in [-0.4, -0.2) is 16.4 Å². The Morgan fingerprint density at radius 3 is 3.15 bits per heavy atom. The molecule has 0 aromatic carbocycles. The Bertz CT molecular complexity index is 556. The van der Waals surface area contributed by atoms with Gasteiger partial charge in [0.05, 0.1) is 11.1 Å². The Kier molecular flexibility index (Phi) is 4.65. The molecule has 1 aliphatic carbocycles. The third kappa shape index (κ3) is 3.57. The van der Waals surface area contributed by atoms with Gasteiger partial charge in [-0.15, -0.1) is 0 Å². The van der Waals surface area contributed by atoms with E-state index in [9.17, 15) is 0 Å². The molecule has 0 spiro atoms. The van der Waals surface area contributed by atoms with Crippen molar-refractivity contribution in [1.29, 1.82) is 0 Å². The molecule has 3 rings (SSSR count). The van der Waals surface area contributed by atoms with Crippen LogP contribution in [-0.2, 0) is 4.74 Å². The number of allylic oxidation sites excluding steroid dienone is 5. The lowest BCUT2D eigenvalue weighted by Crippen LogP contribution is -2.18. The maximum Gasteiger partial charge on any atom is 0.150 e. The zero-order valence-electron chi connectivity index (χ0n) is 11.2. The summed E-state index contributed by atoms with van der Waals surface area (Å²) in [5.41, 5.74) is 0. The molecule has 1 atom stereocenters. The molecule has 0 radical (unpaired) electrons. The van der Waals surface area contributed by atoms with Crippen LogP contribution in [0.5, 0.6) is 0 Å². The second-order valence-corrected chi connectivity index (χ2v) is 6.50. The van der Waals surface area contributed by atoms with Gasteiger partial charge in [-0.3, -0.25) is 0 Å². The van der Waals surface area contributed by atoms with Crippen molar-refractivity contribution < 1.29 is 4.74 Å². The van der Waals surface area contributed by atoms with Crippen LogP contribution in [0.2, 0.25) is 0 Å². The average Bonchev–Trinajstić information content (AvgIpc) is 2.84. The third-order valence-corrected chi connectivity index (χ3v) is 4.52. The number of ether oxygens (including phenoxy) is 1. The van der Waals surface area contributed by atoms with E-state index in [0.29, 0.717) is 0 Å². The summed E-state index contributed by atoms with van der Waals surface area (Å²) in [4.78, 5) is 2.30. The molecule has 0 N–H and O–H groups in total. The maximum atomic E-state index is 6.02. The molecule has 1 fully saturated rings. The minimum atomic E-state index is 0.103. The minimum Gasteiger partial charge on any atom is -0.357 e. The predicted octanol–water partition coefficient (Wildman–Crippen LogP) is 4.64. The molecule has 3 nitrogen and oxygen atoms in total. The van der Waals surface area contributed by atoms with Gasteiger partial charge in [-0.25, -0.2) is 4.68 Å². The van der Waals surface area contributed by atoms with Crippen LogP contribution < -0.4 is 0 Å². The monoisotopic (exact) mass is 308 g/mol. The van der Waals surface area contributed by atoms with Gasteiger partial charge in [0.2, 0.25) is 0 Å². The van der Waals surface area contributed by atoms with Gasteiger partial charge < -0.3 is 4.74 Å². The van der Waals surface area contributed by atoms with E-state index >= 15 is 0 Å². The highest BCUT2D eigenvalue weighted by molar-refractivity contribution is 8.03. The molecule has 1 aromatic rings. The van der Waals surface area contributed by atoms with E-state index in [2.05, 4.69) is 23.4 Å².